The van der Waals surface area contributed by atoms with Crippen molar-refractivity contribution in [2.24, 2.45) is 29.6 Å². The van der Waals surface area contributed by atoms with E-state index in [-0.39, 0.29) is 6.10 Å². The Balaban J connectivity index is 1.95. The van der Waals surface area contributed by atoms with Crippen LogP contribution in [0.4, 0.5) is 0 Å². The second kappa shape index (κ2) is 1.41. The fraction of sp³-hybridized carbons (Fsp3) is 1.00. The van der Waals surface area contributed by atoms with Gasteiger partial charge in [-0.2, -0.15) is 0 Å². The van der Waals surface area contributed by atoms with Gasteiger partial charge in [-0.1, -0.05) is 0 Å². The third-order valence-electron chi connectivity index (χ3n) is 3.92. The van der Waals surface area contributed by atoms with Gasteiger partial charge in [0.2, 0.25) is 0 Å². The molecule has 6 atom stereocenters. The van der Waals surface area contributed by atoms with Crippen LogP contribution in [0, 0.1) is 29.6 Å². The van der Waals surface area contributed by atoms with Crippen molar-refractivity contribution >= 4 is 0 Å². The van der Waals surface area contributed by atoms with E-state index in [9.17, 15) is 5.11 Å². The number of aliphatic hydroxyl groups excluding tert-OH is 2. The molecule has 0 aromatic carbocycles. The largest absolute Gasteiger partial charge is 0.396 e. The van der Waals surface area contributed by atoms with Gasteiger partial charge < -0.3 is 10.2 Å². The number of rotatable bonds is 1. The van der Waals surface area contributed by atoms with Gasteiger partial charge in [0.05, 0.1) is 6.10 Å². The van der Waals surface area contributed by atoms with Crippen LogP contribution in [0.25, 0.3) is 0 Å². The van der Waals surface area contributed by atoms with Crippen molar-refractivity contribution < 1.29 is 10.2 Å². The SMILES string of the molecule is OCC1C2CC3C(C2O)C13. The lowest BCUT2D eigenvalue weighted by atomic mass is 9.98. The summed E-state index contributed by atoms with van der Waals surface area (Å²) in [6, 6.07) is 0. The van der Waals surface area contributed by atoms with Crippen LogP contribution in [-0.4, -0.2) is 22.9 Å². The zero-order chi connectivity index (χ0) is 6.88. The maximum atomic E-state index is 9.54. The Morgan fingerprint density at radius 2 is 2.00 bits per heavy atom. The molecule has 0 aromatic rings. The highest BCUT2D eigenvalue weighted by molar-refractivity contribution is 5.20. The second-order valence-corrected chi connectivity index (χ2v) is 4.06. The van der Waals surface area contributed by atoms with Crippen LogP contribution < -0.4 is 0 Å². The first-order chi connectivity index (χ1) is 4.84. The number of aliphatic hydroxyl groups is 2. The van der Waals surface area contributed by atoms with Crippen LogP contribution >= 0.6 is 0 Å². The normalized spacial score (nSPS) is 69.0. The Bertz CT molecular complexity index is 180. The molecular weight excluding hydrogens is 128 g/mol. The lowest BCUT2D eigenvalue weighted by Gasteiger charge is -2.13. The molecule has 10 heavy (non-hydrogen) atoms. The molecule has 4 saturated carbocycles. The number of hydrogen-bond donors (Lipinski definition) is 2. The molecule has 56 valence electrons. The standard InChI is InChI=1S/C8H12O2/c9-2-5-3-1-4-6(5)7(4)8(3)10/h3-10H,1-2H2. The molecule has 2 N–H and O–H groups in total. The molecule has 6 unspecified atom stereocenters. The van der Waals surface area contributed by atoms with Crippen molar-refractivity contribution in [2.45, 2.75) is 12.5 Å². The molecule has 0 spiro atoms. The molecule has 4 rings (SSSR count). The monoisotopic (exact) mass is 140 g/mol. The molecule has 2 heteroatoms. The van der Waals surface area contributed by atoms with E-state index in [0.717, 1.165) is 5.92 Å². The quantitative estimate of drug-likeness (QED) is 0.532. The predicted octanol–water partition coefficient (Wildman–Crippen LogP) is -0.149. The van der Waals surface area contributed by atoms with E-state index in [2.05, 4.69) is 0 Å². The van der Waals surface area contributed by atoms with Gasteiger partial charge >= 0.3 is 0 Å². The Kier molecular flexibility index (Phi) is 0.783. The molecule has 0 radical (unpaired) electrons. The highest BCUT2D eigenvalue weighted by Gasteiger charge is 2.72. The van der Waals surface area contributed by atoms with Gasteiger partial charge in [-0.25, -0.2) is 0 Å². The molecular formula is C8H12O2. The fourth-order valence-corrected chi connectivity index (χ4v) is 3.54. The van der Waals surface area contributed by atoms with E-state index in [1.807, 2.05) is 0 Å². The van der Waals surface area contributed by atoms with Gasteiger partial charge in [-0.3, -0.25) is 0 Å². The van der Waals surface area contributed by atoms with Crippen LogP contribution in [0.3, 0.4) is 0 Å². The summed E-state index contributed by atoms with van der Waals surface area (Å²) in [7, 11) is 0. The van der Waals surface area contributed by atoms with Crippen LogP contribution in [0.2, 0.25) is 0 Å². The minimum atomic E-state index is -0.0489. The Hall–Kier alpha value is -0.0800. The molecule has 4 fully saturated rings. The molecule has 0 amide bonds. The van der Waals surface area contributed by atoms with Gasteiger partial charge in [0, 0.05) is 6.61 Å². The van der Waals surface area contributed by atoms with Crippen molar-refractivity contribution in [3.8, 4) is 0 Å². The van der Waals surface area contributed by atoms with Crippen molar-refractivity contribution in [3.05, 3.63) is 0 Å². The summed E-state index contributed by atoms with van der Waals surface area (Å²) in [6.07, 6.45) is 1.15. The van der Waals surface area contributed by atoms with Crippen LogP contribution in [0.15, 0.2) is 0 Å². The van der Waals surface area contributed by atoms with E-state index in [4.69, 9.17) is 5.11 Å². The van der Waals surface area contributed by atoms with E-state index in [1.165, 1.54) is 6.42 Å². The van der Waals surface area contributed by atoms with Crippen LogP contribution in [0.1, 0.15) is 6.42 Å². The third-order valence-corrected chi connectivity index (χ3v) is 3.92. The minimum absolute atomic E-state index is 0.0489. The average Bonchev–Trinajstić information content (AvgIpc) is 2.29. The first-order valence-corrected chi connectivity index (χ1v) is 4.13. The molecule has 0 aromatic heterocycles. The van der Waals surface area contributed by atoms with Crippen molar-refractivity contribution in [1.82, 2.24) is 0 Å². The van der Waals surface area contributed by atoms with E-state index in [0.29, 0.717) is 30.3 Å². The zero-order valence-corrected chi connectivity index (χ0v) is 5.77. The van der Waals surface area contributed by atoms with E-state index in [1.54, 1.807) is 0 Å². The molecule has 2 nitrogen and oxygen atoms in total. The summed E-state index contributed by atoms with van der Waals surface area (Å²) < 4.78 is 0. The van der Waals surface area contributed by atoms with Gasteiger partial charge in [-0.05, 0) is 36.0 Å². The zero-order valence-electron chi connectivity index (χ0n) is 5.77. The van der Waals surface area contributed by atoms with E-state index >= 15 is 0 Å². The summed E-state index contributed by atoms with van der Waals surface area (Å²) in [4.78, 5) is 0. The van der Waals surface area contributed by atoms with Gasteiger partial charge in [-0.15, -0.1) is 0 Å². The minimum Gasteiger partial charge on any atom is -0.396 e. The summed E-state index contributed by atoms with van der Waals surface area (Å²) in [5.74, 6) is 3.04. The van der Waals surface area contributed by atoms with Crippen molar-refractivity contribution in [3.63, 3.8) is 0 Å². The summed E-state index contributed by atoms with van der Waals surface area (Å²) in [5, 5.41) is 18.5. The molecule has 0 aliphatic heterocycles. The molecule has 4 aliphatic rings. The third kappa shape index (κ3) is 0.372. The Labute approximate surface area is 59.9 Å². The highest BCUT2D eigenvalue weighted by Crippen LogP contribution is 2.72. The molecule has 4 aliphatic carbocycles. The first kappa shape index (κ1) is 5.56. The Morgan fingerprint density at radius 1 is 1.20 bits per heavy atom. The number of hydrogen-bond acceptors (Lipinski definition) is 2. The van der Waals surface area contributed by atoms with Crippen LogP contribution in [-0.2, 0) is 0 Å². The Morgan fingerprint density at radius 3 is 2.20 bits per heavy atom. The molecule has 0 saturated heterocycles. The topological polar surface area (TPSA) is 40.5 Å². The summed E-state index contributed by atoms with van der Waals surface area (Å²) >= 11 is 0. The average molecular weight is 140 g/mol. The second-order valence-electron chi connectivity index (χ2n) is 4.06. The van der Waals surface area contributed by atoms with Crippen LogP contribution in [0.5, 0.6) is 0 Å². The van der Waals surface area contributed by atoms with Crippen molar-refractivity contribution in [1.29, 1.82) is 0 Å². The predicted molar refractivity (Wildman–Crippen MR) is 35.2 cm³/mol. The van der Waals surface area contributed by atoms with Crippen molar-refractivity contribution in [2.75, 3.05) is 6.61 Å². The van der Waals surface area contributed by atoms with Gasteiger partial charge in [0.25, 0.3) is 0 Å². The molecule has 0 heterocycles. The van der Waals surface area contributed by atoms with E-state index < -0.39 is 0 Å². The van der Waals surface area contributed by atoms with Gasteiger partial charge in [0.15, 0.2) is 0 Å². The summed E-state index contributed by atoms with van der Waals surface area (Å²) in [5.41, 5.74) is 0. The maximum Gasteiger partial charge on any atom is 0.0605 e. The lowest BCUT2D eigenvalue weighted by molar-refractivity contribution is 0.103. The smallest absolute Gasteiger partial charge is 0.0605 e. The first-order valence-electron chi connectivity index (χ1n) is 4.13. The highest BCUT2D eigenvalue weighted by atomic mass is 16.3. The maximum absolute atomic E-state index is 9.54. The fourth-order valence-electron chi connectivity index (χ4n) is 3.54. The lowest BCUT2D eigenvalue weighted by Crippen LogP contribution is -2.18. The van der Waals surface area contributed by atoms with Gasteiger partial charge in [0.1, 0.15) is 0 Å². The summed E-state index contributed by atoms with van der Waals surface area (Å²) in [6.45, 7) is 0.305. The molecule has 4 bridgehead atoms.